The Bertz CT molecular complexity index is 984. The Balaban J connectivity index is 1.60. The first-order chi connectivity index (χ1) is 14.3. The van der Waals surface area contributed by atoms with Gasteiger partial charge in [-0.25, -0.2) is 8.42 Å². The number of nitrogens with one attached hydrogen (secondary N) is 1. The van der Waals surface area contributed by atoms with E-state index in [1.807, 2.05) is 36.9 Å². The number of thiophene rings is 1. The van der Waals surface area contributed by atoms with E-state index in [2.05, 4.69) is 19.2 Å². The van der Waals surface area contributed by atoms with Crippen LogP contribution in [0.3, 0.4) is 0 Å². The molecule has 0 spiro atoms. The number of amides is 1. The minimum absolute atomic E-state index is 0.0498. The summed E-state index contributed by atoms with van der Waals surface area (Å²) in [7, 11) is -3.47. The minimum Gasteiger partial charge on any atom is -0.324 e. The molecule has 1 aliphatic rings. The first kappa shape index (κ1) is 22.9. The van der Waals surface area contributed by atoms with Gasteiger partial charge in [0.2, 0.25) is 15.9 Å². The predicted molar refractivity (Wildman–Crippen MR) is 123 cm³/mol. The largest absolute Gasteiger partial charge is 0.324 e. The second kappa shape index (κ2) is 9.60. The summed E-state index contributed by atoms with van der Waals surface area (Å²) in [6, 6.07) is 7.88. The molecule has 0 aliphatic carbocycles. The van der Waals surface area contributed by atoms with E-state index in [1.165, 1.54) is 15.6 Å². The van der Waals surface area contributed by atoms with E-state index in [1.54, 1.807) is 6.07 Å². The molecule has 1 aliphatic heterocycles. The molecule has 1 aromatic carbocycles. The van der Waals surface area contributed by atoms with Crippen LogP contribution in [0.4, 0.5) is 5.69 Å². The van der Waals surface area contributed by atoms with E-state index in [0.29, 0.717) is 31.1 Å². The Labute approximate surface area is 183 Å². The smallest absolute Gasteiger partial charge is 0.244 e. The molecule has 8 heteroatoms. The molecule has 1 aromatic heterocycles. The van der Waals surface area contributed by atoms with Gasteiger partial charge < -0.3 is 5.32 Å². The molecule has 1 saturated heterocycles. The fourth-order valence-electron chi connectivity index (χ4n) is 3.92. The van der Waals surface area contributed by atoms with Crippen molar-refractivity contribution in [3.8, 4) is 0 Å². The Kier molecular flexibility index (Phi) is 7.34. The van der Waals surface area contributed by atoms with E-state index in [-0.39, 0.29) is 12.5 Å². The van der Waals surface area contributed by atoms with E-state index < -0.39 is 10.0 Å². The van der Waals surface area contributed by atoms with Crippen molar-refractivity contribution in [1.82, 2.24) is 9.21 Å². The standard InChI is InChI=1S/C22H31N3O3S2/c1-5-18-8-7-9-19(6-2)22(18)23-21(26)15-24-10-12-25(13-11-24)30(27,28)20-14-16(3)29-17(20)4/h7-9,14H,5-6,10-13,15H2,1-4H3,(H,23,26). The van der Waals surface area contributed by atoms with Gasteiger partial charge in [0.1, 0.15) is 0 Å². The molecule has 3 rings (SSSR count). The van der Waals surface area contributed by atoms with Gasteiger partial charge in [0.25, 0.3) is 0 Å². The van der Waals surface area contributed by atoms with Crippen LogP contribution in [-0.2, 0) is 27.7 Å². The lowest BCUT2D eigenvalue weighted by atomic mass is 10.0. The summed E-state index contributed by atoms with van der Waals surface area (Å²) in [6.07, 6.45) is 1.73. The lowest BCUT2D eigenvalue weighted by molar-refractivity contribution is -0.117. The number of benzene rings is 1. The summed E-state index contributed by atoms with van der Waals surface area (Å²) < 4.78 is 27.5. The third-order valence-corrected chi connectivity index (χ3v) is 8.69. The van der Waals surface area contributed by atoms with Gasteiger partial charge in [-0.3, -0.25) is 9.69 Å². The Morgan fingerprint density at radius 2 is 1.67 bits per heavy atom. The van der Waals surface area contributed by atoms with Crippen molar-refractivity contribution in [3.63, 3.8) is 0 Å². The molecule has 0 atom stereocenters. The quantitative estimate of drug-likeness (QED) is 0.703. The second-order valence-corrected chi connectivity index (χ2v) is 11.0. The number of sulfonamides is 1. The normalized spacial score (nSPS) is 16.0. The van der Waals surface area contributed by atoms with Crippen molar-refractivity contribution in [1.29, 1.82) is 0 Å². The van der Waals surface area contributed by atoms with Gasteiger partial charge in [-0.05, 0) is 43.9 Å². The van der Waals surface area contributed by atoms with E-state index >= 15 is 0 Å². The van der Waals surface area contributed by atoms with Crippen LogP contribution in [0, 0.1) is 13.8 Å². The van der Waals surface area contributed by atoms with Crippen molar-refractivity contribution >= 4 is 33.0 Å². The summed E-state index contributed by atoms with van der Waals surface area (Å²) in [5.41, 5.74) is 3.21. The van der Waals surface area contributed by atoms with Crippen molar-refractivity contribution in [2.75, 3.05) is 38.0 Å². The molecule has 1 amide bonds. The van der Waals surface area contributed by atoms with Gasteiger partial charge in [0, 0.05) is 41.6 Å². The van der Waals surface area contributed by atoms with Crippen LogP contribution in [0.5, 0.6) is 0 Å². The van der Waals surface area contributed by atoms with Gasteiger partial charge in [-0.1, -0.05) is 32.0 Å². The number of rotatable bonds is 7. The molecule has 2 aromatic rings. The van der Waals surface area contributed by atoms with Gasteiger partial charge in [-0.2, -0.15) is 4.31 Å². The van der Waals surface area contributed by atoms with Crippen molar-refractivity contribution in [2.24, 2.45) is 0 Å². The maximum Gasteiger partial charge on any atom is 0.244 e. The molecule has 0 unspecified atom stereocenters. The second-order valence-electron chi connectivity index (χ2n) is 7.66. The monoisotopic (exact) mass is 449 g/mol. The molecule has 0 radical (unpaired) electrons. The third-order valence-electron chi connectivity index (χ3n) is 5.57. The van der Waals surface area contributed by atoms with Crippen LogP contribution in [0.25, 0.3) is 0 Å². The van der Waals surface area contributed by atoms with Crippen LogP contribution < -0.4 is 5.32 Å². The van der Waals surface area contributed by atoms with Gasteiger partial charge in [0.05, 0.1) is 11.4 Å². The van der Waals surface area contributed by atoms with Crippen LogP contribution >= 0.6 is 11.3 Å². The van der Waals surface area contributed by atoms with Gasteiger partial charge in [0.15, 0.2) is 0 Å². The maximum atomic E-state index is 13.0. The van der Waals surface area contributed by atoms with E-state index in [9.17, 15) is 13.2 Å². The summed E-state index contributed by atoms with van der Waals surface area (Å²) in [6.45, 7) is 10.1. The highest BCUT2D eigenvalue weighted by Gasteiger charge is 2.31. The van der Waals surface area contributed by atoms with Crippen LogP contribution in [-0.4, -0.2) is 56.3 Å². The molecule has 1 N–H and O–H groups in total. The summed E-state index contributed by atoms with van der Waals surface area (Å²) in [5.74, 6) is -0.0498. The average Bonchev–Trinajstić information content (AvgIpc) is 3.07. The summed E-state index contributed by atoms with van der Waals surface area (Å²) >= 11 is 1.51. The number of piperazine rings is 1. The Hall–Kier alpha value is -1.74. The molecule has 30 heavy (non-hydrogen) atoms. The summed E-state index contributed by atoms with van der Waals surface area (Å²) in [5, 5.41) is 3.09. The fraction of sp³-hybridized carbons (Fsp3) is 0.500. The predicted octanol–water partition coefficient (Wildman–Crippen LogP) is 3.43. The lowest BCUT2D eigenvalue weighted by Crippen LogP contribution is -2.50. The van der Waals surface area contributed by atoms with Crippen molar-refractivity contribution < 1.29 is 13.2 Å². The highest BCUT2D eigenvalue weighted by Crippen LogP contribution is 2.28. The molecular formula is C22H31N3O3S2. The van der Waals surface area contributed by atoms with Crippen LogP contribution in [0.2, 0.25) is 0 Å². The molecular weight excluding hydrogens is 418 g/mol. The fourth-order valence-corrected chi connectivity index (χ4v) is 6.86. The number of aryl methyl sites for hydroxylation is 4. The van der Waals surface area contributed by atoms with E-state index in [0.717, 1.165) is 39.4 Å². The van der Waals surface area contributed by atoms with Crippen molar-refractivity contribution in [2.45, 2.75) is 45.4 Å². The molecule has 164 valence electrons. The molecule has 0 bridgehead atoms. The van der Waals surface area contributed by atoms with Gasteiger partial charge in [-0.15, -0.1) is 11.3 Å². The first-order valence-electron chi connectivity index (χ1n) is 10.5. The number of nitrogens with zero attached hydrogens (tertiary/aromatic N) is 2. The first-order valence-corrected chi connectivity index (χ1v) is 12.7. The Morgan fingerprint density at radius 1 is 1.07 bits per heavy atom. The number of carbonyl (C=O) groups is 1. The zero-order valence-corrected chi connectivity index (χ0v) is 19.8. The molecule has 2 heterocycles. The number of hydrogen-bond donors (Lipinski definition) is 1. The zero-order valence-electron chi connectivity index (χ0n) is 18.2. The number of carbonyl (C=O) groups excluding carboxylic acids is 1. The van der Waals surface area contributed by atoms with Gasteiger partial charge >= 0.3 is 0 Å². The highest BCUT2D eigenvalue weighted by molar-refractivity contribution is 7.89. The molecule has 0 saturated carbocycles. The minimum atomic E-state index is -3.47. The zero-order chi connectivity index (χ0) is 21.9. The topological polar surface area (TPSA) is 69.7 Å². The SMILES string of the molecule is CCc1cccc(CC)c1NC(=O)CN1CCN(S(=O)(=O)c2cc(C)sc2C)CC1. The number of para-hydroxylation sites is 1. The summed E-state index contributed by atoms with van der Waals surface area (Å²) in [4.78, 5) is 16.9. The Morgan fingerprint density at radius 3 is 2.17 bits per heavy atom. The molecule has 1 fully saturated rings. The lowest BCUT2D eigenvalue weighted by Gasteiger charge is -2.33. The maximum absolute atomic E-state index is 13.0. The number of hydrogen-bond acceptors (Lipinski definition) is 5. The highest BCUT2D eigenvalue weighted by atomic mass is 32.2. The van der Waals surface area contributed by atoms with Crippen LogP contribution in [0.1, 0.15) is 34.7 Å². The molecule has 6 nitrogen and oxygen atoms in total. The van der Waals surface area contributed by atoms with Crippen LogP contribution in [0.15, 0.2) is 29.2 Å². The average molecular weight is 450 g/mol. The van der Waals surface area contributed by atoms with Crippen molar-refractivity contribution in [3.05, 3.63) is 45.1 Å². The van der Waals surface area contributed by atoms with E-state index in [4.69, 9.17) is 0 Å². The third kappa shape index (κ3) is 4.94. The number of anilines is 1.